The SMILES string of the molecule is CCOc1ccc2nc(NC(=O)CN3CC[C@@H]4NC(=O)[C@@H](Cc5ccccc5)NC(=O)C5(C/C=C/C[C@@H]4C3)CCOCC5)sc2c1. The van der Waals surface area contributed by atoms with Crippen molar-refractivity contribution in [1.82, 2.24) is 20.5 Å². The van der Waals surface area contributed by atoms with Gasteiger partial charge < -0.3 is 25.4 Å². The van der Waals surface area contributed by atoms with Gasteiger partial charge in [0.2, 0.25) is 17.7 Å². The summed E-state index contributed by atoms with van der Waals surface area (Å²) in [6.07, 6.45) is 8.03. The third-order valence-electron chi connectivity index (χ3n) is 9.38. The highest BCUT2D eigenvalue weighted by molar-refractivity contribution is 7.22. The molecular weight excluding hydrogens is 602 g/mol. The van der Waals surface area contributed by atoms with Crippen LogP contribution in [0, 0.1) is 11.3 Å². The van der Waals surface area contributed by atoms with Gasteiger partial charge in [0, 0.05) is 38.8 Å². The number of carbonyl (C=O) groups is 3. The molecule has 1 spiro atoms. The van der Waals surface area contributed by atoms with E-state index in [1.807, 2.05) is 55.5 Å². The van der Waals surface area contributed by atoms with Gasteiger partial charge in [-0.15, -0.1) is 0 Å². The lowest BCUT2D eigenvalue weighted by atomic mass is 9.75. The minimum atomic E-state index is -0.680. The zero-order valence-corrected chi connectivity index (χ0v) is 27.2. The number of piperidine rings is 1. The summed E-state index contributed by atoms with van der Waals surface area (Å²) in [5.74, 6) is 0.571. The third-order valence-corrected chi connectivity index (χ3v) is 10.3. The van der Waals surface area contributed by atoms with E-state index in [4.69, 9.17) is 9.47 Å². The van der Waals surface area contributed by atoms with Gasteiger partial charge in [0.1, 0.15) is 11.8 Å². The van der Waals surface area contributed by atoms with Gasteiger partial charge in [-0.3, -0.25) is 19.3 Å². The third kappa shape index (κ3) is 7.76. The first kappa shape index (κ1) is 32.2. The average Bonchev–Trinajstić information content (AvgIpc) is 3.45. The van der Waals surface area contributed by atoms with Crippen molar-refractivity contribution in [3.63, 3.8) is 0 Å². The second-order valence-electron chi connectivity index (χ2n) is 12.5. The summed E-state index contributed by atoms with van der Waals surface area (Å²) < 4.78 is 12.2. The van der Waals surface area contributed by atoms with Crippen LogP contribution in [0.2, 0.25) is 0 Å². The Hall–Kier alpha value is -3.80. The monoisotopic (exact) mass is 645 g/mol. The Kier molecular flexibility index (Phi) is 10.3. The van der Waals surface area contributed by atoms with Crippen LogP contribution in [0.15, 0.2) is 60.7 Å². The predicted octanol–water partition coefficient (Wildman–Crippen LogP) is 4.31. The number of nitrogens with zero attached hydrogens (tertiary/aromatic N) is 2. The van der Waals surface area contributed by atoms with E-state index in [-0.39, 0.29) is 36.2 Å². The Balaban J connectivity index is 1.14. The van der Waals surface area contributed by atoms with Crippen molar-refractivity contribution < 1.29 is 23.9 Å². The molecule has 2 aromatic carbocycles. The first-order valence-electron chi connectivity index (χ1n) is 16.3. The molecule has 2 saturated heterocycles. The molecule has 0 saturated carbocycles. The van der Waals surface area contributed by atoms with Gasteiger partial charge in [-0.1, -0.05) is 53.8 Å². The molecule has 2 fully saturated rings. The van der Waals surface area contributed by atoms with Gasteiger partial charge >= 0.3 is 0 Å². The van der Waals surface area contributed by atoms with Gasteiger partial charge in [0.15, 0.2) is 5.13 Å². The molecule has 1 aromatic heterocycles. The number of anilines is 1. The van der Waals surface area contributed by atoms with E-state index in [1.165, 1.54) is 11.3 Å². The van der Waals surface area contributed by atoms with Gasteiger partial charge in [-0.2, -0.15) is 0 Å². The average molecular weight is 646 g/mol. The number of benzene rings is 2. The van der Waals surface area contributed by atoms with Crippen LogP contribution >= 0.6 is 11.3 Å². The highest BCUT2D eigenvalue weighted by Gasteiger charge is 2.41. The first-order valence-corrected chi connectivity index (χ1v) is 17.2. The number of carbonyl (C=O) groups excluding carboxylic acids is 3. The normalized spacial score (nSPS) is 24.6. The van der Waals surface area contributed by atoms with Crippen LogP contribution in [0.5, 0.6) is 5.75 Å². The largest absolute Gasteiger partial charge is 0.494 e. The summed E-state index contributed by atoms with van der Waals surface area (Å²) >= 11 is 1.43. The van der Waals surface area contributed by atoms with Crippen molar-refractivity contribution in [3.8, 4) is 5.75 Å². The van der Waals surface area contributed by atoms with E-state index in [0.717, 1.165) is 28.0 Å². The van der Waals surface area contributed by atoms with Gasteiger partial charge in [0.05, 0.1) is 28.8 Å². The second kappa shape index (κ2) is 14.7. The molecule has 11 heteroatoms. The number of ether oxygens (including phenoxy) is 2. The number of hydrogen-bond donors (Lipinski definition) is 3. The Morgan fingerprint density at radius 3 is 2.76 bits per heavy atom. The number of nitrogens with one attached hydrogen (secondary N) is 3. The molecule has 3 aromatic rings. The summed E-state index contributed by atoms with van der Waals surface area (Å²) in [7, 11) is 0. The van der Waals surface area contributed by atoms with Crippen LogP contribution in [-0.4, -0.2) is 79.1 Å². The molecule has 3 aliphatic heterocycles. The molecule has 3 N–H and O–H groups in total. The highest BCUT2D eigenvalue weighted by atomic mass is 32.1. The molecule has 3 aliphatic rings. The lowest BCUT2D eigenvalue weighted by Gasteiger charge is -2.40. The Morgan fingerprint density at radius 1 is 1.13 bits per heavy atom. The molecule has 3 atom stereocenters. The van der Waals surface area contributed by atoms with Crippen molar-refractivity contribution in [3.05, 3.63) is 66.2 Å². The molecule has 0 radical (unpaired) electrons. The number of allylic oxidation sites excluding steroid dienone is 2. The fourth-order valence-corrected chi connectivity index (χ4v) is 7.69. The number of likely N-dealkylation sites (tertiary alicyclic amines) is 1. The zero-order chi connectivity index (χ0) is 31.9. The lowest BCUT2D eigenvalue weighted by molar-refractivity contribution is -0.140. The van der Waals surface area contributed by atoms with E-state index in [2.05, 4.69) is 38.0 Å². The van der Waals surface area contributed by atoms with Crippen molar-refractivity contribution in [2.24, 2.45) is 11.3 Å². The smallest absolute Gasteiger partial charge is 0.243 e. The summed E-state index contributed by atoms with van der Waals surface area (Å²) in [4.78, 5) is 47.5. The first-order chi connectivity index (χ1) is 22.4. The number of hydrogen-bond acceptors (Lipinski definition) is 8. The summed E-state index contributed by atoms with van der Waals surface area (Å²) in [5, 5.41) is 10.0. The molecule has 10 nitrogen and oxygen atoms in total. The van der Waals surface area contributed by atoms with Crippen molar-refractivity contribution in [1.29, 1.82) is 0 Å². The van der Waals surface area contributed by atoms with E-state index < -0.39 is 11.5 Å². The topological polar surface area (TPSA) is 122 Å². The molecular formula is C35H43N5O5S. The van der Waals surface area contributed by atoms with Crippen molar-refractivity contribution in [2.75, 3.05) is 44.8 Å². The second-order valence-corrected chi connectivity index (χ2v) is 13.6. The molecule has 0 unspecified atom stereocenters. The van der Waals surface area contributed by atoms with Crippen LogP contribution in [-0.2, 0) is 25.5 Å². The highest BCUT2D eigenvalue weighted by Crippen LogP contribution is 2.36. The molecule has 46 heavy (non-hydrogen) atoms. The number of thiazole rings is 1. The van der Waals surface area contributed by atoms with Crippen LogP contribution in [0.25, 0.3) is 10.2 Å². The number of amides is 3. The quantitative estimate of drug-likeness (QED) is 0.328. The summed E-state index contributed by atoms with van der Waals surface area (Å²) in [6.45, 7) is 5.20. The zero-order valence-electron chi connectivity index (χ0n) is 26.3. The van der Waals surface area contributed by atoms with Crippen LogP contribution in [0.1, 0.15) is 44.6 Å². The summed E-state index contributed by atoms with van der Waals surface area (Å²) in [5.41, 5.74) is 1.23. The summed E-state index contributed by atoms with van der Waals surface area (Å²) in [6, 6.07) is 14.8. The van der Waals surface area contributed by atoms with E-state index in [0.29, 0.717) is 70.1 Å². The molecule has 6 rings (SSSR count). The molecule has 0 bridgehead atoms. The van der Waals surface area contributed by atoms with Gasteiger partial charge in [0.25, 0.3) is 0 Å². The van der Waals surface area contributed by atoms with Crippen LogP contribution in [0.4, 0.5) is 5.13 Å². The van der Waals surface area contributed by atoms with Crippen molar-refractivity contribution >= 4 is 44.4 Å². The van der Waals surface area contributed by atoms with Crippen molar-refractivity contribution in [2.45, 2.75) is 57.5 Å². The number of rotatable bonds is 7. The van der Waals surface area contributed by atoms with Crippen LogP contribution < -0.4 is 20.7 Å². The standard InChI is InChI=1S/C35H43N5O5S/c1-2-45-26-11-12-28-30(21-26)46-34(38-28)39-31(41)23-40-17-13-27-25(22-40)10-6-7-14-35(15-18-44-19-16-35)33(43)37-29(32(42)36-27)20-24-8-4-3-5-9-24/h3-9,11-12,21,25,27,29H,2,10,13-20,22-23H2,1H3,(H,36,42)(H,37,43)(H,38,39,41)/b7-6+/t25-,27+,29-/m1/s1. The Labute approximate surface area is 273 Å². The molecule has 4 heterocycles. The Bertz CT molecular complexity index is 1550. The molecule has 0 aliphatic carbocycles. The van der Waals surface area contributed by atoms with Crippen LogP contribution in [0.3, 0.4) is 0 Å². The number of aromatic nitrogens is 1. The Morgan fingerprint density at radius 2 is 1.96 bits per heavy atom. The van der Waals surface area contributed by atoms with Gasteiger partial charge in [-0.25, -0.2) is 4.98 Å². The van der Waals surface area contributed by atoms with Gasteiger partial charge in [-0.05, 0) is 68.7 Å². The maximum atomic E-state index is 13.8. The van der Waals surface area contributed by atoms with E-state index >= 15 is 0 Å². The van der Waals surface area contributed by atoms with E-state index in [1.54, 1.807) is 0 Å². The lowest BCUT2D eigenvalue weighted by Crippen LogP contribution is -2.58. The van der Waals surface area contributed by atoms with E-state index in [9.17, 15) is 14.4 Å². The predicted molar refractivity (Wildman–Crippen MR) is 179 cm³/mol. The maximum Gasteiger partial charge on any atom is 0.243 e. The minimum Gasteiger partial charge on any atom is -0.494 e. The number of fused-ring (bicyclic) bond motifs is 2. The fraction of sp³-hybridized carbons (Fsp3) is 0.486. The fourth-order valence-electron chi connectivity index (χ4n) is 6.78. The maximum absolute atomic E-state index is 13.8. The molecule has 3 amide bonds. The minimum absolute atomic E-state index is 0.0631. The molecule has 244 valence electrons.